The number of nitro groups is 1. The van der Waals surface area contributed by atoms with Gasteiger partial charge in [0.1, 0.15) is 5.82 Å². The number of benzene rings is 2. The number of halogens is 3. The Hall–Kier alpha value is -1.80. The van der Waals surface area contributed by atoms with E-state index < -0.39 is 16.6 Å². The number of carbonyl (C=O) groups is 1. The zero-order valence-electron chi connectivity index (χ0n) is 10.3. The molecule has 108 valence electrons. The van der Waals surface area contributed by atoms with E-state index in [0.717, 1.165) is 12.1 Å². The van der Waals surface area contributed by atoms with Crippen LogP contribution in [-0.4, -0.2) is 10.8 Å². The second-order valence-corrected chi connectivity index (χ2v) is 5.71. The Morgan fingerprint density at radius 3 is 2.43 bits per heavy atom. The first-order valence-electron chi connectivity index (χ1n) is 5.59. The van der Waals surface area contributed by atoms with Crippen LogP contribution in [0, 0.1) is 15.9 Å². The van der Waals surface area contributed by atoms with Gasteiger partial charge < -0.3 is 5.32 Å². The normalized spacial score (nSPS) is 10.2. The molecule has 0 aliphatic carbocycles. The zero-order chi connectivity index (χ0) is 15.6. The number of anilines is 1. The topological polar surface area (TPSA) is 72.2 Å². The summed E-state index contributed by atoms with van der Waals surface area (Å²) in [5.74, 6) is -1.10. The van der Waals surface area contributed by atoms with Crippen LogP contribution in [0.3, 0.4) is 0 Å². The van der Waals surface area contributed by atoms with Gasteiger partial charge in [-0.3, -0.25) is 14.9 Å². The van der Waals surface area contributed by atoms with Crippen LogP contribution in [0.15, 0.2) is 45.3 Å². The largest absolute Gasteiger partial charge is 0.322 e. The molecule has 5 nitrogen and oxygen atoms in total. The zero-order valence-corrected chi connectivity index (χ0v) is 13.4. The van der Waals surface area contributed by atoms with Crippen molar-refractivity contribution in [2.75, 3.05) is 5.32 Å². The van der Waals surface area contributed by atoms with E-state index in [1.807, 2.05) is 0 Å². The molecule has 0 aromatic heterocycles. The fourth-order valence-electron chi connectivity index (χ4n) is 1.57. The number of nitrogens with zero attached hydrogens (tertiary/aromatic N) is 1. The minimum atomic E-state index is -0.595. The summed E-state index contributed by atoms with van der Waals surface area (Å²) in [6.45, 7) is 0. The summed E-state index contributed by atoms with van der Waals surface area (Å²) in [6, 6.07) is 7.95. The van der Waals surface area contributed by atoms with Gasteiger partial charge in [-0.15, -0.1) is 0 Å². The van der Waals surface area contributed by atoms with Gasteiger partial charge in [-0.05, 0) is 56.1 Å². The van der Waals surface area contributed by atoms with Crippen LogP contribution in [0.2, 0.25) is 0 Å². The van der Waals surface area contributed by atoms with Gasteiger partial charge in [-0.2, -0.15) is 0 Å². The molecule has 1 amide bonds. The lowest BCUT2D eigenvalue weighted by Crippen LogP contribution is -2.13. The predicted octanol–water partition coefficient (Wildman–Crippen LogP) is 4.51. The Balaban J connectivity index is 2.29. The molecule has 0 unspecified atom stereocenters. The third-order valence-electron chi connectivity index (χ3n) is 2.58. The van der Waals surface area contributed by atoms with E-state index in [4.69, 9.17) is 0 Å². The van der Waals surface area contributed by atoms with Crippen molar-refractivity contribution in [2.45, 2.75) is 0 Å². The van der Waals surface area contributed by atoms with Crippen molar-refractivity contribution in [3.8, 4) is 0 Å². The molecule has 0 saturated heterocycles. The second-order valence-electron chi connectivity index (χ2n) is 4.00. The van der Waals surface area contributed by atoms with Crippen molar-refractivity contribution in [3.63, 3.8) is 0 Å². The Morgan fingerprint density at radius 2 is 1.81 bits per heavy atom. The van der Waals surface area contributed by atoms with Crippen LogP contribution >= 0.6 is 31.9 Å². The van der Waals surface area contributed by atoms with Crippen molar-refractivity contribution in [1.29, 1.82) is 0 Å². The molecule has 0 heterocycles. The Bertz CT molecular complexity index is 737. The van der Waals surface area contributed by atoms with Gasteiger partial charge in [0.15, 0.2) is 0 Å². The number of non-ortho nitro benzene ring substituents is 1. The summed E-state index contributed by atoms with van der Waals surface area (Å²) in [5, 5.41) is 13.2. The van der Waals surface area contributed by atoms with Crippen molar-refractivity contribution in [1.82, 2.24) is 0 Å². The van der Waals surface area contributed by atoms with Crippen LogP contribution in [0.4, 0.5) is 15.8 Å². The van der Waals surface area contributed by atoms with Crippen LogP contribution in [0.25, 0.3) is 0 Å². The Kier molecular flexibility index (Phi) is 4.69. The number of amides is 1. The van der Waals surface area contributed by atoms with E-state index in [-0.39, 0.29) is 21.4 Å². The van der Waals surface area contributed by atoms with E-state index in [0.29, 0.717) is 4.47 Å². The maximum Gasteiger partial charge on any atom is 0.270 e. The third kappa shape index (κ3) is 3.64. The molecule has 0 aliphatic rings. The van der Waals surface area contributed by atoms with Gasteiger partial charge in [0.05, 0.1) is 15.0 Å². The molecular weight excluding hydrogens is 411 g/mol. The van der Waals surface area contributed by atoms with Crippen molar-refractivity contribution in [3.05, 3.63) is 66.8 Å². The molecule has 0 spiro atoms. The highest BCUT2D eigenvalue weighted by Gasteiger charge is 2.16. The average Bonchev–Trinajstić information content (AvgIpc) is 2.43. The first-order valence-corrected chi connectivity index (χ1v) is 7.17. The predicted molar refractivity (Wildman–Crippen MR) is 82.8 cm³/mol. The SMILES string of the molecule is O=C(Nc1ccc(Br)c(F)c1)c1cc([N+](=O)[O-])ccc1Br. The Labute approximate surface area is 135 Å². The number of rotatable bonds is 3. The van der Waals surface area contributed by atoms with Crippen LogP contribution in [0.5, 0.6) is 0 Å². The number of nitrogens with one attached hydrogen (secondary N) is 1. The highest BCUT2D eigenvalue weighted by Crippen LogP contribution is 2.24. The van der Waals surface area contributed by atoms with Gasteiger partial charge in [0.2, 0.25) is 0 Å². The molecule has 0 bridgehead atoms. The molecule has 0 aliphatic heterocycles. The van der Waals surface area contributed by atoms with Crippen molar-refractivity contribution in [2.24, 2.45) is 0 Å². The molecular formula is C13H7Br2FN2O3. The standard InChI is InChI=1S/C13H7Br2FN2O3/c14-10-4-2-8(18(20)21)6-9(10)13(19)17-7-1-3-11(15)12(16)5-7/h1-6H,(H,17,19). The van der Waals surface area contributed by atoms with Crippen LogP contribution < -0.4 is 5.32 Å². The number of hydrogen-bond acceptors (Lipinski definition) is 3. The smallest absolute Gasteiger partial charge is 0.270 e. The minimum absolute atomic E-state index is 0.0903. The van der Waals surface area contributed by atoms with Gasteiger partial charge in [-0.25, -0.2) is 4.39 Å². The molecule has 1 N–H and O–H groups in total. The fraction of sp³-hybridized carbons (Fsp3) is 0. The van der Waals surface area contributed by atoms with Gasteiger partial charge in [-0.1, -0.05) is 0 Å². The molecule has 2 aromatic rings. The van der Waals surface area contributed by atoms with E-state index in [1.54, 1.807) is 0 Å². The summed E-state index contributed by atoms with van der Waals surface area (Å²) in [4.78, 5) is 22.2. The minimum Gasteiger partial charge on any atom is -0.322 e. The maximum atomic E-state index is 13.4. The maximum absolute atomic E-state index is 13.4. The summed E-state index contributed by atoms with van der Waals surface area (Å²) in [7, 11) is 0. The molecule has 0 atom stereocenters. The first kappa shape index (κ1) is 15.6. The second kappa shape index (κ2) is 6.31. The number of hydrogen-bond donors (Lipinski definition) is 1. The van der Waals surface area contributed by atoms with Gasteiger partial charge in [0.25, 0.3) is 11.6 Å². The molecule has 0 radical (unpaired) electrons. The molecule has 2 aromatic carbocycles. The summed E-state index contributed by atoms with van der Waals surface area (Å²) in [5.41, 5.74) is 0.136. The van der Waals surface area contributed by atoms with E-state index >= 15 is 0 Å². The third-order valence-corrected chi connectivity index (χ3v) is 3.92. The molecule has 0 saturated carbocycles. The monoisotopic (exact) mass is 416 g/mol. The highest BCUT2D eigenvalue weighted by molar-refractivity contribution is 9.10. The van der Waals surface area contributed by atoms with Crippen LogP contribution in [-0.2, 0) is 0 Å². The van der Waals surface area contributed by atoms with Crippen molar-refractivity contribution >= 4 is 49.1 Å². The lowest BCUT2D eigenvalue weighted by molar-refractivity contribution is -0.384. The lowest BCUT2D eigenvalue weighted by Gasteiger charge is -2.07. The summed E-state index contributed by atoms with van der Waals surface area (Å²) < 4.78 is 14.1. The van der Waals surface area contributed by atoms with Gasteiger partial charge >= 0.3 is 0 Å². The first-order chi connectivity index (χ1) is 9.88. The molecule has 21 heavy (non-hydrogen) atoms. The summed E-state index contributed by atoms with van der Waals surface area (Å²) in [6.07, 6.45) is 0. The number of carbonyl (C=O) groups excluding carboxylic acids is 1. The quantitative estimate of drug-likeness (QED) is 0.589. The summed E-state index contributed by atoms with van der Waals surface area (Å²) >= 11 is 6.16. The Morgan fingerprint density at radius 1 is 1.14 bits per heavy atom. The van der Waals surface area contributed by atoms with E-state index in [9.17, 15) is 19.3 Å². The molecule has 2 rings (SSSR count). The van der Waals surface area contributed by atoms with Crippen LogP contribution in [0.1, 0.15) is 10.4 Å². The number of nitro benzene ring substituents is 1. The molecule has 0 fully saturated rings. The highest BCUT2D eigenvalue weighted by atomic mass is 79.9. The van der Waals surface area contributed by atoms with Crippen molar-refractivity contribution < 1.29 is 14.1 Å². The van der Waals surface area contributed by atoms with E-state index in [1.165, 1.54) is 24.3 Å². The average molecular weight is 418 g/mol. The molecule has 8 heteroatoms. The lowest BCUT2D eigenvalue weighted by atomic mass is 10.2. The fourth-order valence-corrected chi connectivity index (χ4v) is 2.25. The van der Waals surface area contributed by atoms with Gasteiger partial charge in [0, 0.05) is 22.3 Å². The van der Waals surface area contributed by atoms with E-state index in [2.05, 4.69) is 37.2 Å².